The SMILES string of the molecule is CN(C(=O)CC1CC2CCC1C2)[C@H]1CS(=O)(=O)C[C@@H]1O. The number of amides is 1. The van der Waals surface area contributed by atoms with Gasteiger partial charge in [0.1, 0.15) is 0 Å². The number of sulfone groups is 1. The Morgan fingerprint density at radius 1 is 1.25 bits per heavy atom. The third-order valence-corrected chi connectivity index (χ3v) is 7.20. The van der Waals surface area contributed by atoms with Crippen molar-refractivity contribution in [1.82, 2.24) is 4.90 Å². The molecule has 5 nitrogen and oxygen atoms in total. The minimum atomic E-state index is -3.20. The van der Waals surface area contributed by atoms with Crippen molar-refractivity contribution in [2.24, 2.45) is 17.8 Å². The number of carbonyl (C=O) groups is 1. The molecule has 3 fully saturated rings. The van der Waals surface area contributed by atoms with Gasteiger partial charge in [-0.25, -0.2) is 8.42 Å². The lowest BCUT2D eigenvalue weighted by Gasteiger charge is -2.29. The van der Waals surface area contributed by atoms with Crippen molar-refractivity contribution < 1.29 is 18.3 Å². The van der Waals surface area contributed by atoms with Crippen molar-refractivity contribution in [2.45, 2.75) is 44.2 Å². The van der Waals surface area contributed by atoms with Gasteiger partial charge in [-0.2, -0.15) is 0 Å². The fourth-order valence-corrected chi connectivity index (χ4v) is 6.20. The minimum Gasteiger partial charge on any atom is -0.390 e. The second-order valence-electron chi connectivity index (χ2n) is 6.86. The number of likely N-dealkylation sites (N-methyl/N-ethyl adjacent to an activating group) is 1. The number of aliphatic hydroxyl groups is 1. The predicted molar refractivity (Wildman–Crippen MR) is 74.8 cm³/mol. The van der Waals surface area contributed by atoms with E-state index in [4.69, 9.17) is 0 Å². The fourth-order valence-electron chi connectivity index (χ4n) is 4.36. The highest BCUT2D eigenvalue weighted by Gasteiger charge is 2.43. The molecule has 6 heteroatoms. The van der Waals surface area contributed by atoms with E-state index in [-0.39, 0.29) is 17.4 Å². The maximum absolute atomic E-state index is 12.3. The zero-order chi connectivity index (χ0) is 14.5. The Bertz CT molecular complexity index is 503. The summed E-state index contributed by atoms with van der Waals surface area (Å²) in [5.74, 6) is 1.63. The summed E-state index contributed by atoms with van der Waals surface area (Å²) >= 11 is 0. The maximum Gasteiger partial charge on any atom is 0.222 e. The largest absolute Gasteiger partial charge is 0.390 e. The van der Waals surface area contributed by atoms with Crippen molar-refractivity contribution >= 4 is 15.7 Å². The molecule has 0 spiro atoms. The average Bonchev–Trinajstić information content (AvgIpc) is 3.02. The van der Waals surface area contributed by atoms with Crippen molar-refractivity contribution in [2.75, 3.05) is 18.6 Å². The van der Waals surface area contributed by atoms with Gasteiger partial charge in [0, 0.05) is 13.5 Å². The Kier molecular flexibility index (Phi) is 3.57. The van der Waals surface area contributed by atoms with Crippen LogP contribution >= 0.6 is 0 Å². The Morgan fingerprint density at radius 2 is 2.00 bits per heavy atom. The van der Waals surface area contributed by atoms with Crippen molar-refractivity contribution in [3.63, 3.8) is 0 Å². The quantitative estimate of drug-likeness (QED) is 0.820. The first-order chi connectivity index (χ1) is 9.35. The van der Waals surface area contributed by atoms with E-state index >= 15 is 0 Å². The molecule has 3 rings (SSSR count). The number of hydrogen-bond acceptors (Lipinski definition) is 4. The molecule has 5 atom stereocenters. The predicted octanol–water partition coefficient (Wildman–Crippen LogP) is 0.429. The molecular formula is C14H23NO4S. The van der Waals surface area contributed by atoms with Crippen LogP contribution in [0.4, 0.5) is 0 Å². The number of carbonyl (C=O) groups excluding carboxylic acids is 1. The molecule has 1 amide bonds. The summed E-state index contributed by atoms with van der Waals surface area (Å²) in [6.07, 6.45) is 4.55. The molecule has 1 aliphatic heterocycles. The number of hydrogen-bond donors (Lipinski definition) is 1. The average molecular weight is 301 g/mol. The van der Waals surface area contributed by atoms with Crippen LogP contribution in [0.2, 0.25) is 0 Å². The molecule has 20 heavy (non-hydrogen) atoms. The lowest BCUT2D eigenvalue weighted by molar-refractivity contribution is -0.134. The smallest absolute Gasteiger partial charge is 0.222 e. The molecule has 1 heterocycles. The summed E-state index contributed by atoms with van der Waals surface area (Å²) in [4.78, 5) is 13.8. The van der Waals surface area contributed by atoms with Gasteiger partial charge in [0.2, 0.25) is 5.91 Å². The van der Waals surface area contributed by atoms with Gasteiger partial charge in [0.15, 0.2) is 9.84 Å². The first kappa shape index (κ1) is 14.3. The van der Waals surface area contributed by atoms with Crippen LogP contribution in [0.25, 0.3) is 0 Å². The highest BCUT2D eigenvalue weighted by atomic mass is 32.2. The van der Waals surface area contributed by atoms with E-state index < -0.39 is 22.0 Å². The second-order valence-corrected chi connectivity index (χ2v) is 9.01. The van der Waals surface area contributed by atoms with Gasteiger partial charge >= 0.3 is 0 Å². The van der Waals surface area contributed by atoms with E-state index in [9.17, 15) is 18.3 Å². The van der Waals surface area contributed by atoms with Gasteiger partial charge in [-0.1, -0.05) is 6.42 Å². The van der Waals surface area contributed by atoms with Crippen molar-refractivity contribution in [1.29, 1.82) is 0 Å². The first-order valence-corrected chi connectivity index (χ1v) is 9.32. The van der Waals surface area contributed by atoms with Crippen LogP contribution in [0.1, 0.15) is 32.1 Å². The topological polar surface area (TPSA) is 74.7 Å². The highest BCUT2D eigenvalue weighted by Crippen LogP contribution is 2.49. The number of fused-ring (bicyclic) bond motifs is 2. The molecule has 0 aromatic heterocycles. The van der Waals surface area contributed by atoms with E-state index in [1.165, 1.54) is 24.2 Å². The van der Waals surface area contributed by atoms with E-state index in [0.717, 1.165) is 12.3 Å². The van der Waals surface area contributed by atoms with Crippen LogP contribution < -0.4 is 0 Å². The molecule has 3 aliphatic rings. The number of aliphatic hydroxyl groups excluding tert-OH is 1. The summed E-state index contributed by atoms with van der Waals surface area (Å²) in [6, 6.07) is -0.564. The van der Waals surface area contributed by atoms with Crippen LogP contribution in [-0.4, -0.2) is 55.0 Å². The van der Waals surface area contributed by atoms with Gasteiger partial charge in [-0.3, -0.25) is 4.79 Å². The van der Waals surface area contributed by atoms with E-state index in [1.807, 2.05) is 0 Å². The highest BCUT2D eigenvalue weighted by molar-refractivity contribution is 7.91. The lowest BCUT2D eigenvalue weighted by atomic mass is 9.86. The Balaban J connectivity index is 1.60. The minimum absolute atomic E-state index is 0.0105. The Morgan fingerprint density at radius 3 is 2.50 bits per heavy atom. The summed E-state index contributed by atoms with van der Waals surface area (Å²) in [5.41, 5.74) is 0. The normalized spacial score (nSPS) is 42.0. The molecule has 0 aromatic carbocycles. The molecule has 1 saturated heterocycles. The molecular weight excluding hydrogens is 278 g/mol. The van der Waals surface area contributed by atoms with Gasteiger partial charge < -0.3 is 10.0 Å². The molecule has 2 saturated carbocycles. The van der Waals surface area contributed by atoms with E-state index in [0.29, 0.717) is 18.3 Å². The zero-order valence-corrected chi connectivity index (χ0v) is 12.7. The van der Waals surface area contributed by atoms with Gasteiger partial charge in [0.25, 0.3) is 0 Å². The molecule has 2 aliphatic carbocycles. The molecule has 0 aromatic rings. The molecule has 1 N–H and O–H groups in total. The van der Waals surface area contributed by atoms with Crippen LogP contribution in [0, 0.1) is 17.8 Å². The lowest BCUT2D eigenvalue weighted by Crippen LogP contribution is -2.44. The van der Waals surface area contributed by atoms with Crippen molar-refractivity contribution in [3.8, 4) is 0 Å². The van der Waals surface area contributed by atoms with Crippen LogP contribution in [0.15, 0.2) is 0 Å². The summed E-state index contributed by atoms with van der Waals surface area (Å²) < 4.78 is 23.1. The van der Waals surface area contributed by atoms with Crippen molar-refractivity contribution in [3.05, 3.63) is 0 Å². The molecule has 114 valence electrons. The summed E-state index contributed by atoms with van der Waals surface area (Å²) in [6.45, 7) is 0. The van der Waals surface area contributed by atoms with Gasteiger partial charge in [0.05, 0.1) is 23.7 Å². The first-order valence-electron chi connectivity index (χ1n) is 7.50. The van der Waals surface area contributed by atoms with E-state index in [2.05, 4.69) is 0 Å². The summed E-state index contributed by atoms with van der Waals surface area (Å²) in [7, 11) is -1.57. The molecule has 0 radical (unpaired) electrons. The van der Waals surface area contributed by atoms with Gasteiger partial charge in [-0.15, -0.1) is 0 Å². The molecule has 2 bridgehead atoms. The Labute approximate surface area is 120 Å². The van der Waals surface area contributed by atoms with Crippen LogP contribution in [0.5, 0.6) is 0 Å². The summed E-state index contributed by atoms with van der Waals surface area (Å²) in [5, 5.41) is 9.84. The standard InChI is InChI=1S/C14H23NO4S/c1-15(12-7-20(18,19)8-13(12)16)14(17)6-11-5-9-2-3-10(11)4-9/h9-13,16H,2-8H2,1H3/t9?,10?,11?,12-,13-/m0/s1. The maximum atomic E-state index is 12.3. The third-order valence-electron chi connectivity index (χ3n) is 5.51. The van der Waals surface area contributed by atoms with Gasteiger partial charge in [-0.05, 0) is 37.0 Å². The monoisotopic (exact) mass is 301 g/mol. The fraction of sp³-hybridized carbons (Fsp3) is 0.929. The third kappa shape index (κ3) is 2.60. The van der Waals surface area contributed by atoms with E-state index in [1.54, 1.807) is 7.05 Å². The molecule has 3 unspecified atom stereocenters. The number of rotatable bonds is 3. The zero-order valence-electron chi connectivity index (χ0n) is 11.9. The second kappa shape index (κ2) is 4.98. The number of nitrogens with zero attached hydrogens (tertiary/aromatic N) is 1. The van der Waals surface area contributed by atoms with Crippen LogP contribution in [-0.2, 0) is 14.6 Å². The van der Waals surface area contributed by atoms with Crippen LogP contribution in [0.3, 0.4) is 0 Å². The Hall–Kier alpha value is -0.620.